The molecule has 2 saturated carbocycles. The Morgan fingerprint density at radius 1 is 1.00 bits per heavy atom. The van der Waals surface area contributed by atoms with Gasteiger partial charge >= 0.3 is 12.1 Å². The van der Waals surface area contributed by atoms with E-state index in [0.717, 1.165) is 31.2 Å². The minimum absolute atomic E-state index is 0.0825. The van der Waals surface area contributed by atoms with Gasteiger partial charge in [-0.05, 0) is 30.6 Å². The van der Waals surface area contributed by atoms with Gasteiger partial charge in [-0.3, -0.25) is 14.4 Å². The fraction of sp³-hybridized carbons (Fsp3) is 0.562. The van der Waals surface area contributed by atoms with E-state index in [1.807, 2.05) is 42.2 Å². The molecule has 2 aromatic rings. The molecule has 2 aliphatic heterocycles. The van der Waals surface area contributed by atoms with Crippen LogP contribution < -0.4 is 10.2 Å². The first-order valence-corrected chi connectivity index (χ1v) is 15.8. The van der Waals surface area contributed by atoms with E-state index >= 15 is 0 Å². The van der Waals surface area contributed by atoms with Crippen LogP contribution in [-0.2, 0) is 14.3 Å². The molecular weight excluding hydrogens is 564 g/mol. The molecule has 2 saturated heterocycles. The molecular formula is C32H40N6O6. The van der Waals surface area contributed by atoms with Crippen molar-refractivity contribution in [2.24, 2.45) is 23.7 Å². The number of fused-ring (bicyclic) bond motifs is 1. The number of carboxylic acids is 1. The number of ether oxygens (including phenoxy) is 1. The van der Waals surface area contributed by atoms with Gasteiger partial charge in [-0.2, -0.15) is 0 Å². The smallest absolute Gasteiger partial charge is 0.409 e. The van der Waals surface area contributed by atoms with E-state index in [-0.39, 0.29) is 35.4 Å². The normalized spacial score (nSPS) is 23.1. The van der Waals surface area contributed by atoms with Crippen LogP contribution in [0.15, 0.2) is 36.4 Å². The van der Waals surface area contributed by atoms with Crippen LogP contribution in [0.5, 0.6) is 0 Å². The number of anilines is 1. The summed E-state index contributed by atoms with van der Waals surface area (Å²) in [6, 6.07) is 10.3. The minimum atomic E-state index is -0.757. The lowest BCUT2D eigenvalue weighted by atomic mass is 10.1. The minimum Gasteiger partial charge on any atom is -0.481 e. The van der Waals surface area contributed by atoms with Gasteiger partial charge in [-0.15, -0.1) is 0 Å². The first-order valence-electron chi connectivity index (χ1n) is 15.8. The van der Waals surface area contributed by atoms with Gasteiger partial charge in [0.2, 0.25) is 5.91 Å². The fourth-order valence-corrected chi connectivity index (χ4v) is 6.37. The molecule has 12 nitrogen and oxygen atoms in total. The number of aromatic nitrogens is 2. The monoisotopic (exact) mass is 604 g/mol. The Hall–Kier alpha value is -4.22. The van der Waals surface area contributed by atoms with Crippen LogP contribution in [0, 0.1) is 23.7 Å². The maximum Gasteiger partial charge on any atom is 0.409 e. The number of piperidine rings is 1. The Morgan fingerprint density at radius 3 is 2.32 bits per heavy atom. The Kier molecular flexibility index (Phi) is 8.67. The molecule has 4 aliphatic rings. The Bertz CT molecular complexity index is 1380. The molecule has 2 unspecified atom stereocenters. The molecule has 234 valence electrons. The SMILES string of the molecule is CCCCOC(=O)N1CCN(C(=O)[C@H](CC2CC2)NC(=O)c2cc(N3CC4C(C3)C4C(=O)O)nc(-c3ccccc3)n2)CC1. The predicted molar refractivity (Wildman–Crippen MR) is 161 cm³/mol. The van der Waals surface area contributed by atoms with Crippen molar-refractivity contribution >= 4 is 29.7 Å². The molecule has 0 spiro atoms. The average Bonchev–Trinajstić information content (AvgIpc) is 3.96. The van der Waals surface area contributed by atoms with Gasteiger partial charge < -0.3 is 29.9 Å². The highest BCUT2D eigenvalue weighted by Crippen LogP contribution is 2.52. The highest BCUT2D eigenvalue weighted by molar-refractivity contribution is 5.97. The number of hydrogen-bond acceptors (Lipinski definition) is 8. The van der Waals surface area contributed by atoms with Crippen LogP contribution in [0.2, 0.25) is 0 Å². The maximum atomic E-state index is 13.7. The third kappa shape index (κ3) is 6.63. The van der Waals surface area contributed by atoms with Crippen LogP contribution in [0.25, 0.3) is 11.4 Å². The highest BCUT2D eigenvalue weighted by Gasteiger charge is 2.60. The van der Waals surface area contributed by atoms with Crippen LogP contribution >= 0.6 is 0 Å². The lowest BCUT2D eigenvalue weighted by Gasteiger charge is -2.36. The topological polar surface area (TPSA) is 145 Å². The second-order valence-electron chi connectivity index (χ2n) is 12.4. The van der Waals surface area contributed by atoms with Crippen molar-refractivity contribution in [3.05, 3.63) is 42.1 Å². The number of carbonyl (C=O) groups excluding carboxylic acids is 3. The zero-order valence-corrected chi connectivity index (χ0v) is 25.1. The van der Waals surface area contributed by atoms with Crippen LogP contribution in [-0.4, -0.2) is 101 Å². The van der Waals surface area contributed by atoms with Gasteiger partial charge in [0, 0.05) is 50.9 Å². The lowest BCUT2D eigenvalue weighted by molar-refractivity contribution is -0.139. The van der Waals surface area contributed by atoms with Crippen molar-refractivity contribution in [3.8, 4) is 11.4 Å². The largest absolute Gasteiger partial charge is 0.481 e. The number of unbranched alkanes of at least 4 members (excludes halogenated alkanes) is 1. The molecule has 0 radical (unpaired) electrons. The van der Waals surface area contributed by atoms with Crippen molar-refractivity contribution in [3.63, 3.8) is 0 Å². The summed E-state index contributed by atoms with van der Waals surface area (Å²) in [5.74, 6) is -0.143. The van der Waals surface area contributed by atoms with Crippen molar-refractivity contribution in [2.75, 3.05) is 50.8 Å². The third-order valence-electron chi connectivity index (χ3n) is 9.22. The zero-order valence-electron chi connectivity index (χ0n) is 25.1. The highest BCUT2D eigenvalue weighted by atomic mass is 16.6. The summed E-state index contributed by atoms with van der Waals surface area (Å²) in [4.78, 5) is 66.0. The van der Waals surface area contributed by atoms with E-state index in [1.165, 1.54) is 0 Å². The fourth-order valence-electron chi connectivity index (χ4n) is 6.37. The van der Waals surface area contributed by atoms with Crippen molar-refractivity contribution in [1.82, 2.24) is 25.1 Å². The number of carbonyl (C=O) groups is 4. The number of carboxylic acid groups (broad SMARTS) is 1. The van der Waals surface area contributed by atoms with Crippen molar-refractivity contribution < 1.29 is 29.0 Å². The van der Waals surface area contributed by atoms with Gasteiger partial charge in [-0.1, -0.05) is 56.5 Å². The van der Waals surface area contributed by atoms with Crippen molar-refractivity contribution in [1.29, 1.82) is 0 Å². The number of hydrogen-bond donors (Lipinski definition) is 2. The lowest BCUT2D eigenvalue weighted by Crippen LogP contribution is -2.56. The number of nitrogens with zero attached hydrogens (tertiary/aromatic N) is 5. The first kappa shape index (κ1) is 29.8. The van der Waals surface area contributed by atoms with E-state index in [2.05, 4.69) is 10.3 Å². The van der Waals surface area contributed by atoms with Crippen molar-refractivity contribution in [2.45, 2.75) is 45.1 Å². The summed E-state index contributed by atoms with van der Waals surface area (Å²) in [6.45, 7) is 5.08. The number of rotatable bonds is 11. The zero-order chi connectivity index (χ0) is 30.8. The summed E-state index contributed by atoms with van der Waals surface area (Å²) in [7, 11) is 0. The maximum absolute atomic E-state index is 13.7. The molecule has 3 atom stereocenters. The molecule has 0 bridgehead atoms. The average molecular weight is 605 g/mol. The molecule has 12 heteroatoms. The van der Waals surface area contributed by atoms with E-state index in [4.69, 9.17) is 9.72 Å². The molecule has 44 heavy (non-hydrogen) atoms. The van der Waals surface area contributed by atoms with E-state index < -0.39 is 17.9 Å². The van der Waals surface area contributed by atoms with Gasteiger partial charge in [0.05, 0.1) is 12.5 Å². The summed E-state index contributed by atoms with van der Waals surface area (Å²) < 4.78 is 5.32. The molecule has 1 aromatic carbocycles. The molecule has 2 aliphatic carbocycles. The predicted octanol–water partition coefficient (Wildman–Crippen LogP) is 2.89. The summed E-state index contributed by atoms with van der Waals surface area (Å²) in [5.41, 5.74) is 0.922. The van der Waals surface area contributed by atoms with Gasteiger partial charge in [0.1, 0.15) is 17.6 Å². The number of amides is 3. The number of nitrogens with one attached hydrogen (secondary N) is 1. The third-order valence-corrected chi connectivity index (χ3v) is 9.22. The summed E-state index contributed by atoms with van der Waals surface area (Å²) in [6.07, 6.45) is 4.02. The first-order chi connectivity index (χ1) is 21.3. The summed E-state index contributed by atoms with van der Waals surface area (Å²) >= 11 is 0. The second kappa shape index (κ2) is 12.8. The number of benzene rings is 1. The molecule has 3 amide bonds. The summed E-state index contributed by atoms with van der Waals surface area (Å²) in [5, 5.41) is 12.4. The van der Waals surface area contributed by atoms with Crippen LogP contribution in [0.3, 0.4) is 0 Å². The molecule has 6 rings (SSSR count). The van der Waals surface area contributed by atoms with Gasteiger partial charge in [0.25, 0.3) is 5.91 Å². The Morgan fingerprint density at radius 2 is 1.68 bits per heavy atom. The van der Waals surface area contributed by atoms with E-state index in [0.29, 0.717) is 69.9 Å². The second-order valence-corrected chi connectivity index (χ2v) is 12.4. The molecule has 4 fully saturated rings. The van der Waals surface area contributed by atoms with Gasteiger partial charge in [-0.25, -0.2) is 14.8 Å². The molecule has 3 heterocycles. The standard InChI is InChI=1S/C32H40N6O6/c1-2-3-15-44-32(43)37-13-11-36(12-14-37)30(40)25(16-20-9-10-20)34-29(39)24-17-26(35-28(33-24)21-7-5-4-6-8-21)38-18-22-23(19-38)27(22)31(41)42/h4-8,17,20,22-23,25,27H,2-3,9-16,18-19H2,1H3,(H,34,39)(H,41,42)/t22?,23?,25-,27?/m0/s1. The van der Waals surface area contributed by atoms with Crippen LogP contribution in [0.1, 0.15) is 49.5 Å². The van der Waals surface area contributed by atoms with Crippen LogP contribution in [0.4, 0.5) is 10.6 Å². The molecule has 1 aromatic heterocycles. The molecule has 2 N–H and O–H groups in total. The van der Waals surface area contributed by atoms with E-state index in [1.54, 1.807) is 15.9 Å². The van der Waals surface area contributed by atoms with E-state index in [9.17, 15) is 24.3 Å². The van der Waals surface area contributed by atoms with Gasteiger partial charge in [0.15, 0.2) is 5.82 Å². The Labute approximate surface area is 256 Å². The quantitative estimate of drug-likeness (QED) is 0.370. The number of aliphatic carboxylic acids is 1. The Balaban J connectivity index is 1.15. The number of piperazine rings is 1.